The molecule has 0 aliphatic rings. The zero-order chi connectivity index (χ0) is 22.8. The van der Waals surface area contributed by atoms with Crippen molar-refractivity contribution >= 4 is 11.8 Å². The summed E-state index contributed by atoms with van der Waals surface area (Å²) in [5, 5.41) is 2.96. The molecule has 2 aromatic carbocycles. The molecule has 2 rings (SSSR count). The van der Waals surface area contributed by atoms with Gasteiger partial charge >= 0.3 is 0 Å². The summed E-state index contributed by atoms with van der Waals surface area (Å²) in [5.41, 5.74) is 2.08. The van der Waals surface area contributed by atoms with Crippen LogP contribution in [-0.4, -0.2) is 42.5 Å². The van der Waals surface area contributed by atoms with Gasteiger partial charge in [-0.15, -0.1) is 0 Å². The standard InChI is InChI=1S/C25H34N2O4/c1-6-18(3)26-25(29)19(4)27(16-21-9-8-10-23(15-21)30-5)24(28)17-31-22-13-11-20(7-2)12-14-22/h8-15,18-19H,6-7,16-17H2,1-5H3,(H,26,29)/t18-,19+/m1/s1. The number of hydrogen-bond acceptors (Lipinski definition) is 4. The van der Waals surface area contributed by atoms with Gasteiger partial charge in [-0.05, 0) is 62.1 Å². The molecule has 2 aromatic rings. The van der Waals surface area contributed by atoms with Gasteiger partial charge in [0.25, 0.3) is 5.91 Å². The first-order valence-electron chi connectivity index (χ1n) is 10.8. The van der Waals surface area contributed by atoms with Crippen molar-refractivity contribution in [2.75, 3.05) is 13.7 Å². The summed E-state index contributed by atoms with van der Waals surface area (Å²) in [4.78, 5) is 27.4. The number of benzene rings is 2. The lowest BCUT2D eigenvalue weighted by molar-refractivity contribution is -0.142. The van der Waals surface area contributed by atoms with Crippen molar-refractivity contribution in [1.29, 1.82) is 0 Å². The molecule has 6 heteroatoms. The number of ether oxygens (including phenoxy) is 2. The number of nitrogens with zero attached hydrogens (tertiary/aromatic N) is 1. The lowest BCUT2D eigenvalue weighted by Gasteiger charge is -2.29. The highest BCUT2D eigenvalue weighted by Crippen LogP contribution is 2.17. The van der Waals surface area contributed by atoms with E-state index >= 15 is 0 Å². The van der Waals surface area contributed by atoms with E-state index in [1.165, 1.54) is 5.56 Å². The highest BCUT2D eigenvalue weighted by Gasteiger charge is 2.27. The summed E-state index contributed by atoms with van der Waals surface area (Å²) in [6, 6.07) is 14.6. The predicted octanol–water partition coefficient (Wildman–Crippen LogP) is 3.97. The van der Waals surface area contributed by atoms with Gasteiger partial charge in [0, 0.05) is 12.6 Å². The molecule has 0 unspecified atom stereocenters. The van der Waals surface area contributed by atoms with E-state index in [4.69, 9.17) is 9.47 Å². The highest BCUT2D eigenvalue weighted by atomic mass is 16.5. The fourth-order valence-corrected chi connectivity index (χ4v) is 3.07. The summed E-state index contributed by atoms with van der Waals surface area (Å²) in [6.07, 6.45) is 1.76. The predicted molar refractivity (Wildman–Crippen MR) is 122 cm³/mol. The minimum absolute atomic E-state index is 0.0389. The fourth-order valence-electron chi connectivity index (χ4n) is 3.07. The third kappa shape index (κ3) is 7.31. The Hall–Kier alpha value is -3.02. The van der Waals surface area contributed by atoms with Crippen LogP contribution in [0.15, 0.2) is 48.5 Å². The first-order valence-corrected chi connectivity index (χ1v) is 10.8. The van der Waals surface area contributed by atoms with Gasteiger partial charge in [-0.3, -0.25) is 9.59 Å². The molecule has 0 fully saturated rings. The largest absolute Gasteiger partial charge is 0.497 e. The Bertz CT molecular complexity index is 851. The number of rotatable bonds is 11. The normalized spacial score (nSPS) is 12.5. The zero-order valence-electron chi connectivity index (χ0n) is 19.2. The van der Waals surface area contributed by atoms with Crippen molar-refractivity contribution in [3.63, 3.8) is 0 Å². The van der Waals surface area contributed by atoms with Gasteiger partial charge in [-0.2, -0.15) is 0 Å². The van der Waals surface area contributed by atoms with Crippen molar-refractivity contribution in [2.45, 2.75) is 59.2 Å². The van der Waals surface area contributed by atoms with E-state index in [-0.39, 0.29) is 31.0 Å². The monoisotopic (exact) mass is 426 g/mol. The fraction of sp³-hybridized carbons (Fsp3) is 0.440. The quantitative estimate of drug-likeness (QED) is 0.590. The average molecular weight is 427 g/mol. The molecular weight excluding hydrogens is 392 g/mol. The second-order valence-electron chi connectivity index (χ2n) is 7.65. The number of amides is 2. The topological polar surface area (TPSA) is 67.9 Å². The molecule has 0 heterocycles. The number of carbonyl (C=O) groups is 2. The van der Waals surface area contributed by atoms with Gasteiger partial charge in [-0.25, -0.2) is 0 Å². The average Bonchev–Trinajstić information content (AvgIpc) is 2.80. The molecule has 168 valence electrons. The Morgan fingerprint density at radius 1 is 1.00 bits per heavy atom. The maximum atomic E-state index is 13.1. The van der Waals surface area contributed by atoms with Gasteiger partial charge in [0.05, 0.1) is 7.11 Å². The van der Waals surface area contributed by atoms with Crippen molar-refractivity contribution in [1.82, 2.24) is 10.2 Å². The molecule has 0 saturated heterocycles. The molecule has 0 saturated carbocycles. The Kier molecular flexibility index (Phi) is 9.38. The molecule has 0 spiro atoms. The van der Waals surface area contributed by atoms with Crippen molar-refractivity contribution in [2.24, 2.45) is 0 Å². The number of nitrogens with one attached hydrogen (secondary N) is 1. The summed E-state index contributed by atoms with van der Waals surface area (Å²) in [6.45, 7) is 7.92. The minimum atomic E-state index is -0.640. The van der Waals surface area contributed by atoms with Crippen LogP contribution in [0.2, 0.25) is 0 Å². The van der Waals surface area contributed by atoms with Crippen LogP contribution in [0.5, 0.6) is 11.5 Å². The molecule has 2 amide bonds. The maximum absolute atomic E-state index is 13.1. The molecule has 0 bridgehead atoms. The van der Waals surface area contributed by atoms with Gasteiger partial charge < -0.3 is 19.7 Å². The lowest BCUT2D eigenvalue weighted by atomic mass is 10.1. The van der Waals surface area contributed by atoms with Gasteiger partial charge in [-0.1, -0.05) is 38.1 Å². The van der Waals surface area contributed by atoms with Crippen LogP contribution in [0.3, 0.4) is 0 Å². The van der Waals surface area contributed by atoms with Crippen LogP contribution in [0.4, 0.5) is 0 Å². The molecule has 0 aliphatic heterocycles. The smallest absolute Gasteiger partial charge is 0.261 e. The maximum Gasteiger partial charge on any atom is 0.261 e. The van der Waals surface area contributed by atoms with Crippen molar-refractivity contribution in [3.05, 3.63) is 59.7 Å². The van der Waals surface area contributed by atoms with E-state index in [0.717, 1.165) is 18.4 Å². The summed E-state index contributed by atoms with van der Waals surface area (Å²) in [7, 11) is 1.60. The van der Waals surface area contributed by atoms with Gasteiger partial charge in [0.2, 0.25) is 5.91 Å². The summed E-state index contributed by atoms with van der Waals surface area (Å²) in [5.74, 6) is 0.893. The van der Waals surface area contributed by atoms with E-state index in [1.54, 1.807) is 18.9 Å². The van der Waals surface area contributed by atoms with E-state index in [1.807, 2.05) is 62.4 Å². The number of methoxy groups -OCH3 is 1. The third-order valence-corrected chi connectivity index (χ3v) is 5.35. The van der Waals surface area contributed by atoms with Crippen LogP contribution < -0.4 is 14.8 Å². The van der Waals surface area contributed by atoms with E-state index in [9.17, 15) is 9.59 Å². The molecule has 0 aromatic heterocycles. The van der Waals surface area contributed by atoms with E-state index < -0.39 is 6.04 Å². The second-order valence-corrected chi connectivity index (χ2v) is 7.65. The van der Waals surface area contributed by atoms with Crippen LogP contribution >= 0.6 is 0 Å². The lowest BCUT2D eigenvalue weighted by Crippen LogP contribution is -2.50. The Labute approximate surface area is 185 Å². The minimum Gasteiger partial charge on any atom is -0.497 e. The molecule has 0 radical (unpaired) electrons. The molecule has 2 atom stereocenters. The Morgan fingerprint density at radius 3 is 2.32 bits per heavy atom. The summed E-state index contributed by atoms with van der Waals surface area (Å²) < 4.78 is 11.0. The van der Waals surface area contributed by atoms with Crippen LogP contribution in [0.1, 0.15) is 45.2 Å². The molecule has 31 heavy (non-hydrogen) atoms. The molecular formula is C25H34N2O4. The number of hydrogen-bond donors (Lipinski definition) is 1. The Balaban J connectivity index is 2.15. The second kappa shape index (κ2) is 12.0. The molecule has 6 nitrogen and oxygen atoms in total. The van der Waals surface area contributed by atoms with Crippen molar-refractivity contribution < 1.29 is 19.1 Å². The SMILES string of the molecule is CCc1ccc(OCC(=O)N(Cc2cccc(OC)c2)[C@@H](C)C(=O)N[C@H](C)CC)cc1. The van der Waals surface area contributed by atoms with Crippen LogP contribution in [0, 0.1) is 0 Å². The van der Waals surface area contributed by atoms with Gasteiger partial charge in [0.15, 0.2) is 6.61 Å². The number of aryl methyl sites for hydroxylation is 1. The zero-order valence-corrected chi connectivity index (χ0v) is 19.2. The third-order valence-electron chi connectivity index (χ3n) is 5.35. The highest BCUT2D eigenvalue weighted by molar-refractivity contribution is 5.88. The Morgan fingerprint density at radius 2 is 1.71 bits per heavy atom. The van der Waals surface area contributed by atoms with Gasteiger partial charge in [0.1, 0.15) is 17.5 Å². The first-order chi connectivity index (χ1) is 14.9. The van der Waals surface area contributed by atoms with Crippen LogP contribution in [0.25, 0.3) is 0 Å². The van der Waals surface area contributed by atoms with Crippen LogP contribution in [-0.2, 0) is 22.6 Å². The molecule has 1 N–H and O–H groups in total. The van der Waals surface area contributed by atoms with Crippen molar-refractivity contribution in [3.8, 4) is 11.5 Å². The number of carbonyl (C=O) groups excluding carboxylic acids is 2. The summed E-state index contributed by atoms with van der Waals surface area (Å²) >= 11 is 0. The van der Waals surface area contributed by atoms with E-state index in [2.05, 4.69) is 12.2 Å². The molecule has 0 aliphatic carbocycles. The first kappa shape index (κ1) is 24.3. The van der Waals surface area contributed by atoms with E-state index in [0.29, 0.717) is 11.5 Å².